The fourth-order valence-electron chi connectivity index (χ4n) is 2.68. The molecule has 3 rings (SSSR count). The molecule has 18 heteroatoms. The Morgan fingerprint density at radius 2 is 1.45 bits per heavy atom. The summed E-state index contributed by atoms with van der Waals surface area (Å²) in [5.74, 6) is -5.64. The Balaban J connectivity index is 2.80. The Hall–Kier alpha value is -2.90. The fourth-order valence-corrected chi connectivity index (χ4v) is 4.70. The molecule has 0 fully saturated rings. The van der Waals surface area contributed by atoms with Crippen LogP contribution in [0.15, 0.2) is 33.1 Å². The third-order valence-corrected chi connectivity index (χ3v) is 6.41. The molecule has 3 aromatic rings. The summed E-state index contributed by atoms with van der Waals surface area (Å²) in [6.45, 7) is 0. The van der Waals surface area contributed by atoms with Crippen LogP contribution in [0.5, 0.6) is 0 Å². The van der Waals surface area contributed by atoms with Gasteiger partial charge < -0.3 is 5.73 Å². The van der Waals surface area contributed by atoms with Gasteiger partial charge in [-0.1, -0.05) is 0 Å². The van der Waals surface area contributed by atoms with Gasteiger partial charge in [0.1, 0.15) is 11.2 Å². The van der Waals surface area contributed by atoms with Gasteiger partial charge in [0.15, 0.2) is 22.4 Å². The van der Waals surface area contributed by atoms with Crippen LogP contribution in [-0.4, -0.2) is 53.9 Å². The first kappa shape index (κ1) is 22.8. The molecule has 1 heterocycles. The molecule has 5 N–H and O–H groups in total. The molecule has 0 unspecified atom stereocenters. The van der Waals surface area contributed by atoms with Crippen LogP contribution in [0.4, 0.5) is 14.7 Å². The second kappa shape index (κ2) is 7.07. The van der Waals surface area contributed by atoms with E-state index in [1.54, 1.807) is 0 Å². The summed E-state index contributed by atoms with van der Waals surface area (Å²) in [6.07, 6.45) is 0.694. The van der Waals surface area contributed by atoms with Gasteiger partial charge in [-0.15, -0.1) is 0 Å². The summed E-state index contributed by atoms with van der Waals surface area (Å²) >= 11 is 0. The van der Waals surface area contributed by atoms with Crippen LogP contribution in [0.25, 0.3) is 22.2 Å². The standard InChI is InChI=1S/C13H8F2N4O9S3/c14-9-5-1-4(29(20,21)22)2-6(30(23,24)25)7(5)8(10(15)11(9)31(26,27)28)12-17-3-18-13(16)19-12/h1-3H,(H,20,21,22)(H,23,24,25)(H,26,27,28)(H2,16,17,18,19). The molecule has 31 heavy (non-hydrogen) atoms. The molecule has 0 amide bonds. The maximum atomic E-state index is 15.1. The van der Waals surface area contributed by atoms with Crippen molar-refractivity contribution in [3.05, 3.63) is 30.1 Å². The Labute approximate surface area is 171 Å². The van der Waals surface area contributed by atoms with Crippen LogP contribution in [0.2, 0.25) is 0 Å². The summed E-state index contributed by atoms with van der Waals surface area (Å²) in [5, 5.41) is -2.35. The molecule has 0 atom stereocenters. The predicted molar refractivity (Wildman–Crippen MR) is 96.5 cm³/mol. The molecule has 1 aromatic heterocycles. The van der Waals surface area contributed by atoms with Crippen molar-refractivity contribution in [2.45, 2.75) is 14.7 Å². The van der Waals surface area contributed by atoms with Crippen molar-refractivity contribution in [3.8, 4) is 11.4 Å². The van der Waals surface area contributed by atoms with E-state index in [1.165, 1.54) is 0 Å². The van der Waals surface area contributed by atoms with Crippen LogP contribution in [0.3, 0.4) is 0 Å². The Morgan fingerprint density at radius 1 is 0.839 bits per heavy atom. The minimum Gasteiger partial charge on any atom is -0.368 e. The quantitative estimate of drug-likeness (QED) is 0.355. The van der Waals surface area contributed by atoms with Crippen LogP contribution in [0.1, 0.15) is 0 Å². The van der Waals surface area contributed by atoms with Gasteiger partial charge in [0.05, 0.1) is 10.5 Å². The van der Waals surface area contributed by atoms with E-state index in [0.717, 1.165) is 0 Å². The summed E-state index contributed by atoms with van der Waals surface area (Å²) in [7, 11) is -16.4. The molecule has 0 saturated carbocycles. The molecule has 166 valence electrons. The highest BCUT2D eigenvalue weighted by molar-refractivity contribution is 7.87. The highest BCUT2D eigenvalue weighted by Crippen LogP contribution is 2.40. The molecule has 0 bridgehead atoms. The number of nitrogen functional groups attached to an aromatic ring is 1. The number of rotatable bonds is 4. The van der Waals surface area contributed by atoms with Crippen molar-refractivity contribution in [2.75, 3.05) is 5.73 Å². The van der Waals surface area contributed by atoms with E-state index in [2.05, 4.69) is 15.0 Å². The first-order valence-electron chi connectivity index (χ1n) is 7.39. The molecule has 2 aromatic carbocycles. The maximum absolute atomic E-state index is 15.1. The van der Waals surface area contributed by atoms with Gasteiger partial charge in [-0.3, -0.25) is 13.7 Å². The van der Waals surface area contributed by atoms with Gasteiger partial charge in [0, 0.05) is 10.8 Å². The Morgan fingerprint density at radius 3 is 1.94 bits per heavy atom. The van der Waals surface area contributed by atoms with Gasteiger partial charge in [-0.25, -0.2) is 18.7 Å². The topological polar surface area (TPSA) is 228 Å². The molecular formula is C13H8F2N4O9S3. The molecule has 0 aliphatic heterocycles. The molecular weight excluding hydrogens is 490 g/mol. The molecule has 0 spiro atoms. The zero-order valence-electron chi connectivity index (χ0n) is 14.4. The lowest BCUT2D eigenvalue weighted by Gasteiger charge is -2.15. The summed E-state index contributed by atoms with van der Waals surface area (Å²) in [4.78, 5) is 5.58. The van der Waals surface area contributed by atoms with Gasteiger partial charge in [-0.2, -0.15) is 30.2 Å². The highest BCUT2D eigenvalue weighted by Gasteiger charge is 2.34. The van der Waals surface area contributed by atoms with E-state index in [1.807, 2.05) is 0 Å². The van der Waals surface area contributed by atoms with Gasteiger partial charge in [0.25, 0.3) is 30.4 Å². The summed E-state index contributed by atoms with van der Waals surface area (Å²) in [5.41, 5.74) is 4.16. The molecule has 0 saturated heterocycles. The van der Waals surface area contributed by atoms with E-state index < -0.39 is 84.8 Å². The van der Waals surface area contributed by atoms with Gasteiger partial charge in [0.2, 0.25) is 5.95 Å². The largest absolute Gasteiger partial charge is 0.368 e. The van der Waals surface area contributed by atoms with E-state index in [4.69, 9.17) is 5.73 Å². The SMILES string of the molecule is Nc1ncnc(-c2c(F)c(S(=O)(=O)O)c(F)c3cc(S(=O)(=O)O)cc(S(=O)(=O)O)c23)n1. The number of nitrogens with zero attached hydrogens (tertiary/aromatic N) is 3. The average molecular weight is 498 g/mol. The van der Waals surface area contributed by atoms with Crippen molar-refractivity contribution in [2.24, 2.45) is 0 Å². The van der Waals surface area contributed by atoms with Gasteiger partial charge >= 0.3 is 0 Å². The molecule has 0 aliphatic carbocycles. The zero-order valence-corrected chi connectivity index (χ0v) is 16.9. The number of anilines is 1. The number of fused-ring (bicyclic) bond motifs is 1. The van der Waals surface area contributed by atoms with Gasteiger partial charge in [-0.05, 0) is 12.1 Å². The van der Waals surface area contributed by atoms with Crippen molar-refractivity contribution in [1.29, 1.82) is 0 Å². The zero-order chi connectivity index (χ0) is 23.5. The lowest BCUT2D eigenvalue weighted by atomic mass is 10.0. The Bertz CT molecular complexity index is 1590. The third-order valence-electron chi connectivity index (χ3n) is 3.83. The maximum Gasteiger partial charge on any atom is 0.300 e. The number of aromatic nitrogens is 3. The predicted octanol–water partition coefficient (Wildman–Crippen LogP) is 0.292. The first-order valence-corrected chi connectivity index (χ1v) is 11.7. The lowest BCUT2D eigenvalue weighted by molar-refractivity contribution is 0.459. The summed E-state index contributed by atoms with van der Waals surface area (Å²) < 4.78 is 128. The van der Waals surface area contributed by atoms with Crippen LogP contribution in [-0.2, 0) is 30.4 Å². The van der Waals surface area contributed by atoms with Crippen molar-refractivity contribution >= 4 is 47.1 Å². The van der Waals surface area contributed by atoms with E-state index in [-0.39, 0.29) is 12.1 Å². The third kappa shape index (κ3) is 4.03. The second-order valence-electron chi connectivity index (χ2n) is 5.77. The van der Waals surface area contributed by atoms with Crippen LogP contribution in [0, 0.1) is 11.6 Å². The Kier molecular flexibility index (Phi) is 5.19. The lowest BCUT2D eigenvalue weighted by Crippen LogP contribution is -2.12. The molecule has 0 aliphatic rings. The number of nitrogens with two attached hydrogens (primary N) is 1. The van der Waals surface area contributed by atoms with E-state index >= 15 is 4.39 Å². The molecule has 0 radical (unpaired) electrons. The van der Waals surface area contributed by atoms with Crippen molar-refractivity contribution in [1.82, 2.24) is 15.0 Å². The average Bonchev–Trinajstić information content (AvgIpc) is 2.58. The van der Waals surface area contributed by atoms with Crippen LogP contribution >= 0.6 is 0 Å². The van der Waals surface area contributed by atoms with Crippen LogP contribution < -0.4 is 5.73 Å². The smallest absolute Gasteiger partial charge is 0.300 e. The van der Waals surface area contributed by atoms with E-state index in [0.29, 0.717) is 6.33 Å². The van der Waals surface area contributed by atoms with Crippen molar-refractivity contribution in [3.63, 3.8) is 0 Å². The molecule has 13 nitrogen and oxygen atoms in total. The number of hydrogen-bond donors (Lipinski definition) is 4. The second-order valence-corrected chi connectivity index (χ2v) is 9.94. The van der Waals surface area contributed by atoms with Crippen molar-refractivity contribution < 1.29 is 47.7 Å². The highest BCUT2D eigenvalue weighted by atomic mass is 32.2. The number of halogens is 2. The monoisotopic (exact) mass is 498 g/mol. The van der Waals surface area contributed by atoms with E-state index in [9.17, 15) is 43.3 Å². The minimum absolute atomic E-state index is 0.160. The first-order chi connectivity index (χ1) is 14.0. The number of hydrogen-bond acceptors (Lipinski definition) is 10. The minimum atomic E-state index is -5.67. The fraction of sp³-hybridized carbons (Fsp3) is 0. The summed E-state index contributed by atoms with van der Waals surface area (Å²) in [6, 6.07) is 0.407. The normalized spacial score (nSPS) is 12.9. The number of benzene rings is 2.